The third kappa shape index (κ3) is 1.90. The first kappa shape index (κ1) is 9.52. The molecule has 4 nitrogen and oxygen atoms in total. The number of rotatable bonds is 2. The van der Waals surface area contributed by atoms with Crippen molar-refractivity contribution >= 4 is 5.95 Å². The topological polar surface area (TPSA) is 44.0 Å². The Balaban J connectivity index is 2.06. The van der Waals surface area contributed by atoms with Gasteiger partial charge < -0.3 is 15.2 Å². The number of nitrogens with one attached hydrogen (secondary N) is 2. The molecule has 2 rings (SSSR count). The number of H-pyrrole nitrogens is 1. The quantitative estimate of drug-likeness (QED) is 0.731. The second-order valence-corrected chi connectivity index (χ2v) is 3.89. The monoisotopic (exact) mass is 194 g/mol. The van der Waals surface area contributed by atoms with Crippen molar-refractivity contribution in [3.8, 4) is 0 Å². The molecule has 1 aromatic heterocycles. The van der Waals surface area contributed by atoms with Crippen LogP contribution in [0.5, 0.6) is 0 Å². The van der Waals surface area contributed by atoms with Gasteiger partial charge in [-0.2, -0.15) is 0 Å². The van der Waals surface area contributed by atoms with Crippen LogP contribution in [0.3, 0.4) is 0 Å². The fourth-order valence-electron chi connectivity index (χ4n) is 1.81. The number of hydrogen-bond donors (Lipinski definition) is 2. The van der Waals surface area contributed by atoms with E-state index in [9.17, 15) is 0 Å². The van der Waals surface area contributed by atoms with Crippen LogP contribution >= 0.6 is 0 Å². The normalized spacial score (nSPS) is 22.7. The van der Waals surface area contributed by atoms with Gasteiger partial charge in [-0.15, -0.1) is 0 Å². The van der Waals surface area contributed by atoms with Crippen molar-refractivity contribution in [2.24, 2.45) is 0 Å². The summed E-state index contributed by atoms with van der Waals surface area (Å²) in [5.41, 5.74) is 1.21. The second-order valence-electron chi connectivity index (χ2n) is 3.89. The van der Waals surface area contributed by atoms with E-state index in [1.165, 1.54) is 5.69 Å². The number of aromatic amines is 1. The summed E-state index contributed by atoms with van der Waals surface area (Å²) in [6.45, 7) is 7.47. The molecule has 2 heterocycles. The van der Waals surface area contributed by atoms with Crippen molar-refractivity contribution in [3.63, 3.8) is 0 Å². The van der Waals surface area contributed by atoms with E-state index in [-0.39, 0.29) is 0 Å². The Labute approximate surface area is 84.7 Å². The summed E-state index contributed by atoms with van der Waals surface area (Å²) >= 11 is 0. The average Bonchev–Trinajstić information content (AvgIpc) is 2.66. The van der Waals surface area contributed by atoms with E-state index >= 15 is 0 Å². The van der Waals surface area contributed by atoms with Gasteiger partial charge in [0.05, 0.1) is 6.20 Å². The van der Waals surface area contributed by atoms with E-state index in [0.29, 0.717) is 6.04 Å². The van der Waals surface area contributed by atoms with Crippen LogP contribution in [0.4, 0.5) is 5.95 Å². The van der Waals surface area contributed by atoms with E-state index in [2.05, 4.69) is 34.0 Å². The number of aromatic nitrogens is 2. The molecule has 1 aromatic rings. The molecule has 1 aliphatic heterocycles. The minimum atomic E-state index is 0.555. The van der Waals surface area contributed by atoms with Crippen molar-refractivity contribution < 1.29 is 0 Å². The van der Waals surface area contributed by atoms with Gasteiger partial charge in [0, 0.05) is 31.4 Å². The second kappa shape index (κ2) is 4.00. The molecular weight excluding hydrogens is 176 g/mol. The van der Waals surface area contributed by atoms with Crippen molar-refractivity contribution in [3.05, 3.63) is 11.9 Å². The Hall–Kier alpha value is -1.03. The maximum Gasteiger partial charge on any atom is 0.203 e. The number of anilines is 1. The van der Waals surface area contributed by atoms with Crippen LogP contribution in [0.1, 0.15) is 19.5 Å². The maximum atomic E-state index is 4.39. The lowest BCUT2D eigenvalue weighted by Gasteiger charge is -2.31. The molecule has 4 heteroatoms. The summed E-state index contributed by atoms with van der Waals surface area (Å²) < 4.78 is 0. The summed E-state index contributed by atoms with van der Waals surface area (Å²) in [5.74, 6) is 1.02. The molecule has 0 amide bonds. The molecule has 0 radical (unpaired) electrons. The zero-order valence-electron chi connectivity index (χ0n) is 8.88. The minimum Gasteiger partial charge on any atom is -0.340 e. The highest BCUT2D eigenvalue weighted by atomic mass is 15.3. The van der Waals surface area contributed by atoms with Crippen LogP contribution in [0.15, 0.2) is 6.20 Å². The molecule has 0 bridgehead atoms. The van der Waals surface area contributed by atoms with Crippen LogP contribution in [0.25, 0.3) is 0 Å². The van der Waals surface area contributed by atoms with Crippen molar-refractivity contribution in [1.82, 2.24) is 15.3 Å². The molecular formula is C10H18N4. The molecule has 1 saturated heterocycles. The maximum absolute atomic E-state index is 4.39. The Morgan fingerprint density at radius 3 is 3.14 bits per heavy atom. The number of imidazole rings is 1. The molecule has 2 N–H and O–H groups in total. The van der Waals surface area contributed by atoms with Gasteiger partial charge >= 0.3 is 0 Å². The zero-order chi connectivity index (χ0) is 9.97. The Morgan fingerprint density at radius 2 is 2.50 bits per heavy atom. The molecule has 0 unspecified atom stereocenters. The van der Waals surface area contributed by atoms with Gasteiger partial charge in [0.25, 0.3) is 0 Å². The third-order valence-corrected chi connectivity index (χ3v) is 2.66. The van der Waals surface area contributed by atoms with Gasteiger partial charge in [0.1, 0.15) is 0 Å². The van der Waals surface area contributed by atoms with Crippen LogP contribution < -0.4 is 10.2 Å². The summed E-state index contributed by atoms with van der Waals surface area (Å²) in [6, 6.07) is 0.555. The summed E-state index contributed by atoms with van der Waals surface area (Å²) in [5, 5.41) is 3.42. The highest BCUT2D eigenvalue weighted by molar-refractivity contribution is 5.32. The van der Waals surface area contributed by atoms with E-state index in [1.54, 1.807) is 0 Å². The Kier molecular flexibility index (Phi) is 2.72. The summed E-state index contributed by atoms with van der Waals surface area (Å²) in [4.78, 5) is 10.0. The van der Waals surface area contributed by atoms with Crippen LogP contribution in [0, 0.1) is 0 Å². The lowest BCUT2D eigenvalue weighted by Crippen LogP contribution is -2.49. The molecule has 0 aliphatic carbocycles. The third-order valence-electron chi connectivity index (χ3n) is 2.66. The summed E-state index contributed by atoms with van der Waals surface area (Å²) in [7, 11) is 0. The minimum absolute atomic E-state index is 0.555. The first-order valence-corrected chi connectivity index (χ1v) is 5.32. The van der Waals surface area contributed by atoms with Gasteiger partial charge in [-0.05, 0) is 13.3 Å². The molecule has 1 fully saturated rings. The predicted octanol–water partition coefficient (Wildman–Crippen LogP) is 0.770. The van der Waals surface area contributed by atoms with Gasteiger partial charge in [0.2, 0.25) is 5.95 Å². The number of nitrogens with zero attached hydrogens (tertiary/aromatic N) is 2. The molecule has 78 valence electrons. The van der Waals surface area contributed by atoms with E-state index in [4.69, 9.17) is 0 Å². The van der Waals surface area contributed by atoms with Gasteiger partial charge in [-0.3, -0.25) is 0 Å². The molecule has 0 saturated carbocycles. The number of aryl methyl sites for hydroxylation is 1. The first-order chi connectivity index (χ1) is 6.79. The van der Waals surface area contributed by atoms with Crippen LogP contribution in [-0.2, 0) is 6.42 Å². The predicted molar refractivity (Wildman–Crippen MR) is 57.6 cm³/mol. The largest absolute Gasteiger partial charge is 0.340 e. The van der Waals surface area contributed by atoms with E-state index < -0.39 is 0 Å². The molecule has 1 atom stereocenters. The first-order valence-electron chi connectivity index (χ1n) is 5.32. The van der Waals surface area contributed by atoms with Crippen LogP contribution in [0.2, 0.25) is 0 Å². The zero-order valence-corrected chi connectivity index (χ0v) is 8.88. The highest BCUT2D eigenvalue weighted by Gasteiger charge is 2.17. The Morgan fingerprint density at radius 1 is 1.64 bits per heavy atom. The van der Waals surface area contributed by atoms with Crippen molar-refractivity contribution in [2.45, 2.75) is 26.3 Å². The summed E-state index contributed by atoms with van der Waals surface area (Å²) in [6.07, 6.45) is 2.96. The number of hydrogen-bond acceptors (Lipinski definition) is 3. The van der Waals surface area contributed by atoms with Crippen molar-refractivity contribution in [2.75, 3.05) is 24.5 Å². The number of piperazine rings is 1. The highest BCUT2D eigenvalue weighted by Crippen LogP contribution is 2.11. The fraction of sp³-hybridized carbons (Fsp3) is 0.700. The van der Waals surface area contributed by atoms with E-state index in [0.717, 1.165) is 32.0 Å². The average molecular weight is 194 g/mol. The van der Waals surface area contributed by atoms with Crippen LogP contribution in [-0.4, -0.2) is 35.6 Å². The van der Waals surface area contributed by atoms with Gasteiger partial charge in [-0.1, -0.05) is 6.92 Å². The lowest BCUT2D eigenvalue weighted by molar-refractivity contribution is 0.480. The smallest absolute Gasteiger partial charge is 0.203 e. The van der Waals surface area contributed by atoms with Gasteiger partial charge in [0.15, 0.2) is 0 Å². The van der Waals surface area contributed by atoms with E-state index in [1.807, 2.05) is 6.20 Å². The molecule has 0 aromatic carbocycles. The molecule has 0 spiro atoms. The standard InChI is InChI=1S/C10H18N4/c1-3-9-6-12-10(13-9)14-5-4-11-8(2)7-14/h6,8,11H,3-5,7H2,1-2H3,(H,12,13)/t8-/m1/s1. The lowest BCUT2D eigenvalue weighted by atomic mass is 10.2. The molecule has 14 heavy (non-hydrogen) atoms. The SMILES string of the molecule is CCc1cnc(N2CCN[C@H](C)C2)[nH]1. The Bertz CT molecular complexity index is 294. The fourth-order valence-corrected chi connectivity index (χ4v) is 1.81. The van der Waals surface area contributed by atoms with Crippen molar-refractivity contribution in [1.29, 1.82) is 0 Å². The van der Waals surface area contributed by atoms with Gasteiger partial charge in [-0.25, -0.2) is 4.98 Å². The molecule has 1 aliphatic rings.